The molecule has 0 aromatic heterocycles. The van der Waals surface area contributed by atoms with Crippen molar-refractivity contribution in [1.82, 2.24) is 0 Å². The first-order valence-electron chi connectivity index (χ1n) is 7.30. The largest absolute Gasteiger partial charge is 0.300 e. The van der Waals surface area contributed by atoms with Crippen LogP contribution >= 0.6 is 0 Å². The van der Waals surface area contributed by atoms with Gasteiger partial charge in [-0.3, -0.25) is 4.79 Å². The van der Waals surface area contributed by atoms with Crippen LogP contribution in [-0.4, -0.2) is 11.6 Å². The highest BCUT2D eigenvalue weighted by Gasteiger charge is 2.04. The molecular weight excluding hydrogens is 224 g/mol. The zero-order valence-corrected chi connectivity index (χ0v) is 13.2. The van der Waals surface area contributed by atoms with Gasteiger partial charge in [-0.2, -0.15) is 0 Å². The summed E-state index contributed by atoms with van der Waals surface area (Å²) < 4.78 is 0. The van der Waals surface area contributed by atoms with Crippen LogP contribution in [0.15, 0.2) is 0 Å². The first-order chi connectivity index (χ1) is 8.29. The number of hydrogen-bond acceptors (Lipinski definition) is 2. The maximum Gasteiger partial charge on any atom is 0.132 e. The van der Waals surface area contributed by atoms with Crippen molar-refractivity contribution in [3.63, 3.8) is 0 Å². The van der Waals surface area contributed by atoms with Gasteiger partial charge in [-0.15, -0.1) is 0 Å². The third-order valence-corrected chi connectivity index (χ3v) is 2.60. The Bertz CT molecular complexity index is 203. The highest BCUT2D eigenvalue weighted by molar-refractivity contribution is 5.78. The SMILES string of the molecule is CC(C)CCC(=O)CCC(C)C.CCCC(C)=O. The van der Waals surface area contributed by atoms with Crippen LogP contribution < -0.4 is 0 Å². The summed E-state index contributed by atoms with van der Waals surface area (Å²) in [6.45, 7) is 12.3. The van der Waals surface area contributed by atoms with E-state index in [2.05, 4.69) is 27.7 Å². The molecule has 0 saturated heterocycles. The molecule has 0 bridgehead atoms. The smallest absolute Gasteiger partial charge is 0.132 e. The van der Waals surface area contributed by atoms with Crippen LogP contribution in [0.4, 0.5) is 0 Å². The van der Waals surface area contributed by atoms with Crippen molar-refractivity contribution in [2.24, 2.45) is 11.8 Å². The molecular formula is C16H32O2. The molecule has 0 spiro atoms. The molecule has 0 fully saturated rings. The lowest BCUT2D eigenvalue weighted by molar-refractivity contribution is -0.119. The Labute approximate surface area is 114 Å². The van der Waals surface area contributed by atoms with Crippen molar-refractivity contribution < 1.29 is 9.59 Å². The normalized spacial score (nSPS) is 10.2. The van der Waals surface area contributed by atoms with E-state index in [-0.39, 0.29) is 5.78 Å². The number of carbonyl (C=O) groups excluding carboxylic acids is 2. The molecule has 0 aliphatic rings. The van der Waals surface area contributed by atoms with Crippen molar-refractivity contribution in [3.8, 4) is 0 Å². The van der Waals surface area contributed by atoms with Crippen LogP contribution in [0, 0.1) is 11.8 Å². The van der Waals surface area contributed by atoms with E-state index >= 15 is 0 Å². The van der Waals surface area contributed by atoms with E-state index in [0.717, 1.165) is 38.5 Å². The van der Waals surface area contributed by atoms with Gasteiger partial charge in [-0.1, -0.05) is 34.6 Å². The fraction of sp³-hybridized carbons (Fsp3) is 0.875. The van der Waals surface area contributed by atoms with E-state index in [1.54, 1.807) is 6.92 Å². The molecule has 0 rings (SSSR count). The molecule has 0 radical (unpaired) electrons. The molecule has 0 atom stereocenters. The second-order valence-corrected chi connectivity index (χ2v) is 5.86. The van der Waals surface area contributed by atoms with Crippen molar-refractivity contribution in [1.29, 1.82) is 0 Å². The lowest BCUT2D eigenvalue weighted by Crippen LogP contribution is -2.02. The van der Waals surface area contributed by atoms with E-state index in [4.69, 9.17) is 0 Å². The third-order valence-electron chi connectivity index (χ3n) is 2.60. The monoisotopic (exact) mass is 256 g/mol. The van der Waals surface area contributed by atoms with Crippen molar-refractivity contribution in [2.45, 2.75) is 80.1 Å². The van der Waals surface area contributed by atoms with Gasteiger partial charge < -0.3 is 4.79 Å². The minimum absolute atomic E-state index is 0.289. The summed E-state index contributed by atoms with van der Waals surface area (Å²) in [5.41, 5.74) is 0. The van der Waals surface area contributed by atoms with Gasteiger partial charge in [0.1, 0.15) is 11.6 Å². The summed E-state index contributed by atoms with van der Waals surface area (Å²) in [6, 6.07) is 0. The highest BCUT2D eigenvalue weighted by Crippen LogP contribution is 2.09. The zero-order valence-electron chi connectivity index (χ0n) is 13.2. The molecule has 0 aliphatic carbocycles. The number of hydrogen-bond donors (Lipinski definition) is 0. The van der Waals surface area contributed by atoms with Gasteiger partial charge >= 0.3 is 0 Å². The summed E-state index contributed by atoms with van der Waals surface area (Å²) in [5.74, 6) is 2.05. The van der Waals surface area contributed by atoms with E-state index < -0.39 is 0 Å². The van der Waals surface area contributed by atoms with Gasteiger partial charge in [0.05, 0.1) is 0 Å². The average molecular weight is 256 g/mol. The average Bonchev–Trinajstić information content (AvgIpc) is 2.24. The van der Waals surface area contributed by atoms with Crippen LogP contribution in [0.25, 0.3) is 0 Å². The van der Waals surface area contributed by atoms with Crippen molar-refractivity contribution in [2.75, 3.05) is 0 Å². The maximum absolute atomic E-state index is 11.3. The first-order valence-corrected chi connectivity index (χ1v) is 7.30. The first kappa shape index (κ1) is 19.7. The van der Waals surface area contributed by atoms with Gasteiger partial charge in [-0.25, -0.2) is 0 Å². The lowest BCUT2D eigenvalue weighted by atomic mass is 10.0. The van der Waals surface area contributed by atoms with E-state index in [0.29, 0.717) is 17.6 Å². The van der Waals surface area contributed by atoms with Gasteiger partial charge in [-0.05, 0) is 38.0 Å². The minimum atomic E-state index is 0.289. The van der Waals surface area contributed by atoms with Gasteiger partial charge in [0, 0.05) is 19.3 Å². The predicted molar refractivity (Wildman–Crippen MR) is 78.7 cm³/mol. The summed E-state index contributed by atoms with van der Waals surface area (Å²) in [4.78, 5) is 21.3. The summed E-state index contributed by atoms with van der Waals surface area (Å²) in [7, 11) is 0. The molecule has 0 aliphatic heterocycles. The molecule has 0 heterocycles. The van der Waals surface area contributed by atoms with Crippen LogP contribution in [0.2, 0.25) is 0 Å². The number of Topliss-reactive ketones (excluding diaryl/α,β-unsaturated/α-hetero) is 2. The fourth-order valence-corrected chi connectivity index (χ4v) is 1.38. The Kier molecular flexibility index (Phi) is 14.0. The van der Waals surface area contributed by atoms with Gasteiger partial charge in [0.25, 0.3) is 0 Å². The molecule has 2 nitrogen and oxygen atoms in total. The topological polar surface area (TPSA) is 34.1 Å². The number of rotatable bonds is 8. The summed E-state index contributed by atoms with van der Waals surface area (Å²) in [6.07, 6.45) is 5.39. The molecule has 18 heavy (non-hydrogen) atoms. The predicted octanol–water partition coefficient (Wildman–Crippen LogP) is 4.80. The van der Waals surface area contributed by atoms with E-state index in [1.807, 2.05) is 6.92 Å². The summed E-state index contributed by atoms with van der Waals surface area (Å²) in [5, 5.41) is 0. The third kappa shape index (κ3) is 20.7. The van der Waals surface area contributed by atoms with Crippen molar-refractivity contribution >= 4 is 11.6 Å². The quantitative estimate of drug-likeness (QED) is 0.625. The molecule has 2 heteroatoms. The lowest BCUT2D eigenvalue weighted by Gasteiger charge is -2.05. The Morgan fingerprint density at radius 3 is 1.39 bits per heavy atom. The van der Waals surface area contributed by atoms with Crippen LogP contribution in [0.5, 0.6) is 0 Å². The maximum atomic E-state index is 11.3. The van der Waals surface area contributed by atoms with Crippen molar-refractivity contribution in [3.05, 3.63) is 0 Å². The van der Waals surface area contributed by atoms with Crippen LogP contribution in [0.1, 0.15) is 80.1 Å². The zero-order chi connectivity index (χ0) is 14.6. The van der Waals surface area contributed by atoms with E-state index in [9.17, 15) is 9.59 Å². The molecule has 108 valence electrons. The minimum Gasteiger partial charge on any atom is -0.300 e. The Morgan fingerprint density at radius 1 is 0.833 bits per heavy atom. The second-order valence-electron chi connectivity index (χ2n) is 5.86. The van der Waals surface area contributed by atoms with Crippen LogP contribution in [0.3, 0.4) is 0 Å². The molecule has 0 amide bonds. The standard InChI is InChI=1S/C11H22O.C5H10O/c1-9(2)5-7-11(12)8-6-10(3)4;1-3-4-5(2)6/h9-10H,5-8H2,1-4H3;3-4H2,1-2H3. The second kappa shape index (κ2) is 12.8. The number of ketones is 2. The van der Waals surface area contributed by atoms with Crippen LogP contribution in [-0.2, 0) is 9.59 Å². The Hall–Kier alpha value is -0.660. The molecule has 0 N–H and O–H groups in total. The molecule has 0 aromatic carbocycles. The van der Waals surface area contributed by atoms with E-state index in [1.165, 1.54) is 0 Å². The Morgan fingerprint density at radius 2 is 1.22 bits per heavy atom. The molecule has 0 saturated carbocycles. The van der Waals surface area contributed by atoms with Gasteiger partial charge in [0.15, 0.2) is 0 Å². The number of carbonyl (C=O) groups is 2. The molecule has 0 aromatic rings. The summed E-state index contributed by atoms with van der Waals surface area (Å²) >= 11 is 0. The molecule has 0 unspecified atom stereocenters. The fourth-order valence-electron chi connectivity index (χ4n) is 1.38. The highest BCUT2D eigenvalue weighted by atomic mass is 16.1. The Balaban J connectivity index is 0. The van der Waals surface area contributed by atoms with Gasteiger partial charge in [0.2, 0.25) is 0 Å².